The van der Waals surface area contributed by atoms with E-state index in [1.165, 1.54) is 0 Å². The lowest BCUT2D eigenvalue weighted by Gasteiger charge is -2.31. The lowest BCUT2D eigenvalue weighted by molar-refractivity contribution is -0.149. The van der Waals surface area contributed by atoms with Crippen molar-refractivity contribution < 1.29 is 19.1 Å². The van der Waals surface area contributed by atoms with E-state index in [2.05, 4.69) is 5.10 Å². The fourth-order valence-electron chi connectivity index (χ4n) is 3.01. The van der Waals surface area contributed by atoms with Gasteiger partial charge in [0.2, 0.25) is 5.91 Å². The van der Waals surface area contributed by atoms with Gasteiger partial charge in [-0.05, 0) is 53.0 Å². The highest BCUT2D eigenvalue weighted by Gasteiger charge is 2.42. The first-order chi connectivity index (χ1) is 11.1. The molecule has 0 saturated carbocycles. The normalized spacial score (nSPS) is 18.9. The van der Waals surface area contributed by atoms with Crippen LogP contribution in [-0.4, -0.2) is 38.2 Å². The average molecular weight is 335 g/mol. The third-order valence-corrected chi connectivity index (χ3v) is 4.09. The predicted molar refractivity (Wildman–Crippen MR) is 87.4 cm³/mol. The SMILES string of the molecule is CCc1c(C)nn(C2CCC(=O)N(C(=O)OC(C)(C)C)C2=O)c1C. The zero-order valence-electron chi connectivity index (χ0n) is 15.2. The van der Waals surface area contributed by atoms with E-state index < -0.39 is 29.6 Å². The average Bonchev–Trinajstić information content (AvgIpc) is 2.71. The van der Waals surface area contributed by atoms with Gasteiger partial charge in [0.1, 0.15) is 11.6 Å². The summed E-state index contributed by atoms with van der Waals surface area (Å²) < 4.78 is 6.84. The van der Waals surface area contributed by atoms with Crippen molar-refractivity contribution >= 4 is 17.9 Å². The Labute approximate surface area is 141 Å². The van der Waals surface area contributed by atoms with Gasteiger partial charge in [-0.25, -0.2) is 4.79 Å². The van der Waals surface area contributed by atoms with Gasteiger partial charge in [-0.1, -0.05) is 6.92 Å². The maximum Gasteiger partial charge on any atom is 0.424 e. The minimum Gasteiger partial charge on any atom is -0.443 e. The first-order valence-electron chi connectivity index (χ1n) is 8.21. The second kappa shape index (κ2) is 6.37. The molecule has 1 aromatic heterocycles. The molecule has 1 atom stereocenters. The van der Waals surface area contributed by atoms with Gasteiger partial charge in [0.05, 0.1) is 5.69 Å². The monoisotopic (exact) mass is 335 g/mol. The van der Waals surface area contributed by atoms with Gasteiger partial charge < -0.3 is 4.74 Å². The number of hydrogen-bond donors (Lipinski definition) is 0. The largest absolute Gasteiger partial charge is 0.443 e. The van der Waals surface area contributed by atoms with E-state index in [1.807, 2.05) is 20.8 Å². The lowest BCUT2D eigenvalue weighted by atomic mass is 10.0. The third-order valence-electron chi connectivity index (χ3n) is 4.09. The van der Waals surface area contributed by atoms with Crippen LogP contribution in [-0.2, 0) is 20.7 Å². The van der Waals surface area contributed by atoms with Crippen molar-refractivity contribution in [3.63, 3.8) is 0 Å². The standard InChI is InChI=1S/C17H25N3O4/c1-7-12-10(2)18-20(11(12)3)13-8-9-14(21)19(15(13)22)16(23)24-17(4,5)6/h13H,7-9H2,1-6H3. The molecule has 1 fully saturated rings. The number of amides is 3. The molecule has 0 spiro atoms. The van der Waals surface area contributed by atoms with E-state index in [-0.39, 0.29) is 6.42 Å². The maximum absolute atomic E-state index is 12.8. The minimum atomic E-state index is -0.917. The Kier molecular flexibility index (Phi) is 4.82. The number of likely N-dealkylation sites (tertiary alicyclic amines) is 1. The quantitative estimate of drug-likeness (QED) is 0.776. The molecule has 132 valence electrons. The molecule has 0 bridgehead atoms. The molecule has 1 aliphatic rings. The molecule has 2 heterocycles. The fraction of sp³-hybridized carbons (Fsp3) is 0.647. The van der Waals surface area contributed by atoms with Crippen LogP contribution in [0, 0.1) is 13.8 Å². The van der Waals surface area contributed by atoms with Gasteiger partial charge >= 0.3 is 6.09 Å². The summed E-state index contributed by atoms with van der Waals surface area (Å²) in [7, 11) is 0. The van der Waals surface area contributed by atoms with Crippen molar-refractivity contribution in [2.24, 2.45) is 0 Å². The van der Waals surface area contributed by atoms with Crippen LogP contribution in [0.2, 0.25) is 0 Å². The Morgan fingerprint density at radius 3 is 2.42 bits per heavy atom. The fourth-order valence-corrected chi connectivity index (χ4v) is 3.01. The number of ether oxygens (including phenoxy) is 1. The van der Waals surface area contributed by atoms with Gasteiger partial charge in [0.25, 0.3) is 5.91 Å². The van der Waals surface area contributed by atoms with E-state index in [4.69, 9.17) is 4.74 Å². The topological polar surface area (TPSA) is 81.5 Å². The van der Waals surface area contributed by atoms with Gasteiger partial charge in [-0.2, -0.15) is 10.00 Å². The van der Waals surface area contributed by atoms with Crippen LogP contribution in [0.15, 0.2) is 0 Å². The van der Waals surface area contributed by atoms with E-state index in [9.17, 15) is 14.4 Å². The third kappa shape index (κ3) is 3.34. The zero-order valence-corrected chi connectivity index (χ0v) is 15.2. The second-order valence-corrected chi connectivity index (χ2v) is 7.05. The second-order valence-electron chi connectivity index (χ2n) is 7.05. The van der Waals surface area contributed by atoms with Crippen molar-refractivity contribution in [2.45, 2.75) is 72.4 Å². The number of aryl methyl sites for hydroxylation is 1. The summed E-state index contributed by atoms with van der Waals surface area (Å²) in [4.78, 5) is 37.7. The number of imide groups is 3. The highest BCUT2D eigenvalue weighted by Crippen LogP contribution is 2.28. The minimum absolute atomic E-state index is 0.107. The molecule has 0 N–H and O–H groups in total. The Hall–Kier alpha value is -2.18. The van der Waals surface area contributed by atoms with Gasteiger partial charge in [-0.15, -0.1) is 0 Å². The van der Waals surface area contributed by atoms with Crippen LogP contribution in [0.5, 0.6) is 0 Å². The lowest BCUT2D eigenvalue weighted by Crippen LogP contribution is -2.51. The summed E-state index contributed by atoms with van der Waals surface area (Å²) in [5.41, 5.74) is 2.07. The molecular formula is C17H25N3O4. The molecule has 1 unspecified atom stereocenters. The van der Waals surface area contributed by atoms with Crippen molar-refractivity contribution in [2.75, 3.05) is 0 Å². The van der Waals surface area contributed by atoms with Gasteiger partial charge in [0, 0.05) is 12.1 Å². The van der Waals surface area contributed by atoms with E-state index in [0.29, 0.717) is 11.3 Å². The molecular weight excluding hydrogens is 310 g/mol. The summed E-state index contributed by atoms with van der Waals surface area (Å²) in [6.07, 6.45) is 0.338. The molecule has 2 rings (SSSR count). The maximum atomic E-state index is 12.8. The molecule has 0 aliphatic carbocycles. The van der Waals surface area contributed by atoms with Crippen LogP contribution >= 0.6 is 0 Å². The molecule has 7 nitrogen and oxygen atoms in total. The highest BCUT2D eigenvalue weighted by molar-refractivity contribution is 6.11. The number of piperidine rings is 1. The predicted octanol–water partition coefficient (Wildman–Crippen LogP) is 2.69. The summed E-state index contributed by atoms with van der Waals surface area (Å²) >= 11 is 0. The Morgan fingerprint density at radius 1 is 1.29 bits per heavy atom. The number of hydrogen-bond acceptors (Lipinski definition) is 5. The number of carbonyl (C=O) groups is 3. The molecule has 1 aromatic rings. The van der Waals surface area contributed by atoms with Crippen LogP contribution < -0.4 is 0 Å². The van der Waals surface area contributed by atoms with Crippen LogP contribution in [0.25, 0.3) is 0 Å². The molecule has 3 amide bonds. The van der Waals surface area contributed by atoms with Crippen molar-refractivity contribution in [3.05, 3.63) is 17.0 Å². The number of rotatable bonds is 2. The van der Waals surface area contributed by atoms with Crippen LogP contribution in [0.3, 0.4) is 0 Å². The number of carbonyl (C=O) groups excluding carboxylic acids is 3. The van der Waals surface area contributed by atoms with Crippen molar-refractivity contribution in [3.8, 4) is 0 Å². The summed E-state index contributed by atoms with van der Waals surface area (Å²) in [5.74, 6) is -1.10. The van der Waals surface area contributed by atoms with E-state index in [0.717, 1.165) is 23.4 Å². The molecule has 7 heteroatoms. The number of aromatic nitrogens is 2. The summed E-state index contributed by atoms with van der Waals surface area (Å²) in [5, 5.41) is 4.45. The van der Waals surface area contributed by atoms with Crippen molar-refractivity contribution in [1.82, 2.24) is 14.7 Å². The molecule has 24 heavy (non-hydrogen) atoms. The Bertz CT molecular complexity index is 685. The zero-order chi connectivity index (χ0) is 18.2. The van der Waals surface area contributed by atoms with E-state index in [1.54, 1.807) is 25.5 Å². The van der Waals surface area contributed by atoms with Crippen LogP contribution in [0.4, 0.5) is 4.79 Å². The van der Waals surface area contributed by atoms with Crippen LogP contribution in [0.1, 0.15) is 63.5 Å². The molecule has 0 aromatic carbocycles. The molecule has 1 aliphatic heterocycles. The summed E-state index contributed by atoms with van der Waals surface area (Å²) in [6, 6.07) is -0.658. The first-order valence-corrected chi connectivity index (χ1v) is 8.21. The Morgan fingerprint density at radius 2 is 1.92 bits per heavy atom. The van der Waals surface area contributed by atoms with Gasteiger partial charge in [0.15, 0.2) is 0 Å². The number of nitrogens with zero attached hydrogens (tertiary/aromatic N) is 3. The molecule has 1 saturated heterocycles. The van der Waals surface area contributed by atoms with E-state index >= 15 is 0 Å². The highest BCUT2D eigenvalue weighted by atomic mass is 16.6. The first kappa shape index (κ1) is 18.2. The van der Waals surface area contributed by atoms with Gasteiger partial charge in [-0.3, -0.25) is 14.3 Å². The molecule has 0 radical (unpaired) electrons. The van der Waals surface area contributed by atoms with Crippen molar-refractivity contribution in [1.29, 1.82) is 0 Å². The Balaban J connectivity index is 2.33. The summed E-state index contributed by atoms with van der Waals surface area (Å²) in [6.45, 7) is 10.9. The smallest absolute Gasteiger partial charge is 0.424 e.